The number of aromatic nitrogens is 3. The van der Waals surface area contributed by atoms with Gasteiger partial charge in [0.15, 0.2) is 5.15 Å². The van der Waals surface area contributed by atoms with Crippen molar-refractivity contribution in [3.63, 3.8) is 0 Å². The van der Waals surface area contributed by atoms with Crippen LogP contribution < -0.4 is 21.9 Å². The second-order valence-corrected chi connectivity index (χ2v) is 7.52. The van der Waals surface area contributed by atoms with Crippen LogP contribution in [0.1, 0.15) is 41.9 Å². The Morgan fingerprint density at radius 3 is 2.52 bits per heavy atom. The Bertz CT molecular complexity index is 1040. The molecule has 1 fully saturated rings. The molecule has 1 aliphatic rings. The van der Waals surface area contributed by atoms with E-state index in [4.69, 9.17) is 16.1 Å². The third kappa shape index (κ3) is 4.94. The van der Waals surface area contributed by atoms with Gasteiger partial charge in [-0.15, -0.1) is 0 Å². The molecule has 2 amide bonds. The highest BCUT2D eigenvalue weighted by Gasteiger charge is 2.28. The van der Waals surface area contributed by atoms with E-state index >= 15 is 0 Å². The van der Waals surface area contributed by atoms with Crippen LogP contribution in [0.5, 0.6) is 0 Å². The summed E-state index contributed by atoms with van der Waals surface area (Å²) in [5.74, 6) is -0.0637. The second kappa shape index (κ2) is 8.64. The Labute approximate surface area is 170 Å². The van der Waals surface area contributed by atoms with Crippen molar-refractivity contribution in [1.82, 2.24) is 24.9 Å². The Morgan fingerprint density at radius 1 is 1.17 bits per heavy atom. The molecular weight excluding hydrogens is 402 g/mol. The summed E-state index contributed by atoms with van der Waals surface area (Å²) in [6, 6.07) is 2.50. The molecule has 29 heavy (non-hydrogen) atoms. The van der Waals surface area contributed by atoms with E-state index in [1.807, 2.05) is 0 Å². The summed E-state index contributed by atoms with van der Waals surface area (Å²) in [4.78, 5) is 48.4. The van der Waals surface area contributed by atoms with Gasteiger partial charge in [0, 0.05) is 51.2 Å². The molecular formula is C18H22ClN5O5. The summed E-state index contributed by atoms with van der Waals surface area (Å²) in [7, 11) is 2.80. The molecule has 10 nitrogen and oxygen atoms in total. The van der Waals surface area contributed by atoms with Crippen molar-refractivity contribution in [2.45, 2.75) is 44.2 Å². The quantitative estimate of drug-likeness (QED) is 0.679. The molecule has 0 saturated heterocycles. The summed E-state index contributed by atoms with van der Waals surface area (Å²) >= 11 is 5.67. The zero-order chi connectivity index (χ0) is 21.1. The van der Waals surface area contributed by atoms with Crippen LogP contribution in [0.4, 0.5) is 0 Å². The van der Waals surface area contributed by atoms with Crippen LogP contribution in [0.15, 0.2) is 26.2 Å². The molecule has 1 saturated carbocycles. The predicted molar refractivity (Wildman–Crippen MR) is 104 cm³/mol. The average Bonchev–Trinajstić information content (AvgIpc) is 3.29. The van der Waals surface area contributed by atoms with Gasteiger partial charge >= 0.3 is 5.69 Å². The fraction of sp³-hybridized carbons (Fsp3) is 0.500. The molecule has 2 aromatic rings. The Kier molecular flexibility index (Phi) is 6.21. The smallest absolute Gasteiger partial charge is 0.331 e. The minimum absolute atomic E-state index is 0.0105. The fourth-order valence-corrected chi connectivity index (χ4v) is 3.55. The van der Waals surface area contributed by atoms with Crippen molar-refractivity contribution in [1.29, 1.82) is 0 Å². The zero-order valence-electron chi connectivity index (χ0n) is 16.1. The summed E-state index contributed by atoms with van der Waals surface area (Å²) in [6.45, 7) is 0. The molecule has 0 bridgehead atoms. The molecule has 156 valence electrons. The van der Waals surface area contributed by atoms with Crippen molar-refractivity contribution in [3.8, 4) is 0 Å². The maximum Gasteiger partial charge on any atom is 0.331 e. The summed E-state index contributed by atoms with van der Waals surface area (Å²) in [5.41, 5.74) is -1.09. The number of rotatable bonds is 6. The number of aryl methyl sites for hydroxylation is 1. The molecule has 0 unspecified atom stereocenters. The summed E-state index contributed by atoms with van der Waals surface area (Å²) in [5, 5.41) is 9.59. The van der Waals surface area contributed by atoms with Crippen molar-refractivity contribution in [3.05, 3.63) is 49.6 Å². The average molecular weight is 424 g/mol. The van der Waals surface area contributed by atoms with Crippen molar-refractivity contribution >= 4 is 23.4 Å². The highest BCUT2D eigenvalue weighted by molar-refractivity contribution is 6.29. The van der Waals surface area contributed by atoms with Crippen LogP contribution in [-0.2, 0) is 25.3 Å². The first kappa shape index (κ1) is 20.8. The van der Waals surface area contributed by atoms with Crippen LogP contribution >= 0.6 is 11.6 Å². The van der Waals surface area contributed by atoms with Crippen LogP contribution in [0, 0.1) is 0 Å². The molecule has 0 radical (unpaired) electrons. The summed E-state index contributed by atoms with van der Waals surface area (Å²) in [6.07, 6.45) is 2.63. The summed E-state index contributed by atoms with van der Waals surface area (Å²) < 4.78 is 7.04. The van der Waals surface area contributed by atoms with E-state index < -0.39 is 17.2 Å². The lowest BCUT2D eigenvalue weighted by Gasteiger charge is -2.16. The third-order valence-corrected chi connectivity index (χ3v) is 5.20. The van der Waals surface area contributed by atoms with Gasteiger partial charge in [0.2, 0.25) is 5.91 Å². The van der Waals surface area contributed by atoms with Gasteiger partial charge in [-0.25, -0.2) is 4.79 Å². The first-order chi connectivity index (χ1) is 13.7. The lowest BCUT2D eigenvalue weighted by molar-refractivity contribution is -0.121. The zero-order valence-corrected chi connectivity index (χ0v) is 16.9. The Balaban J connectivity index is 1.51. The van der Waals surface area contributed by atoms with E-state index in [2.05, 4.69) is 15.8 Å². The minimum Gasteiger partial charge on any atom is -0.360 e. The maximum absolute atomic E-state index is 12.5. The molecule has 0 aliphatic heterocycles. The number of carbonyl (C=O) groups excluding carboxylic acids is 2. The molecule has 0 spiro atoms. The number of halogens is 1. The molecule has 1 aliphatic carbocycles. The van der Waals surface area contributed by atoms with E-state index in [-0.39, 0.29) is 35.3 Å². The van der Waals surface area contributed by atoms with E-state index in [1.54, 1.807) is 6.07 Å². The molecule has 2 atom stereocenters. The number of nitrogens with one attached hydrogen (secondary N) is 2. The first-order valence-electron chi connectivity index (χ1n) is 9.23. The van der Waals surface area contributed by atoms with E-state index in [0.29, 0.717) is 25.0 Å². The molecule has 11 heteroatoms. The van der Waals surface area contributed by atoms with Crippen LogP contribution in [-0.4, -0.2) is 38.2 Å². The SMILES string of the molecule is Cn1c(C(=O)N[C@@H]2CC[C@H](NC(=O)CCc3cc(Cl)no3)C2)cc(=O)n(C)c1=O. The van der Waals surface area contributed by atoms with Gasteiger partial charge in [0.25, 0.3) is 11.5 Å². The lowest BCUT2D eigenvalue weighted by Crippen LogP contribution is -2.43. The second-order valence-electron chi connectivity index (χ2n) is 7.13. The number of hydrogen-bond donors (Lipinski definition) is 2. The number of nitrogens with zero attached hydrogens (tertiary/aromatic N) is 3. The van der Waals surface area contributed by atoms with Gasteiger partial charge in [-0.3, -0.25) is 23.5 Å². The van der Waals surface area contributed by atoms with Crippen molar-refractivity contribution < 1.29 is 14.1 Å². The van der Waals surface area contributed by atoms with Crippen LogP contribution in [0.2, 0.25) is 5.15 Å². The van der Waals surface area contributed by atoms with Crippen LogP contribution in [0.3, 0.4) is 0 Å². The van der Waals surface area contributed by atoms with E-state index in [1.165, 1.54) is 14.1 Å². The highest BCUT2D eigenvalue weighted by Crippen LogP contribution is 2.20. The normalized spacial score (nSPS) is 18.6. The van der Waals surface area contributed by atoms with Crippen molar-refractivity contribution in [2.24, 2.45) is 14.1 Å². The Morgan fingerprint density at radius 2 is 1.86 bits per heavy atom. The number of amides is 2. The molecule has 0 aromatic carbocycles. The number of hydrogen-bond acceptors (Lipinski definition) is 6. The van der Waals surface area contributed by atoms with E-state index in [0.717, 1.165) is 21.6 Å². The van der Waals surface area contributed by atoms with Gasteiger partial charge in [-0.05, 0) is 19.3 Å². The van der Waals surface area contributed by atoms with Crippen molar-refractivity contribution in [2.75, 3.05) is 0 Å². The largest absolute Gasteiger partial charge is 0.360 e. The topological polar surface area (TPSA) is 128 Å². The third-order valence-electron chi connectivity index (χ3n) is 5.02. The van der Waals surface area contributed by atoms with Gasteiger partial charge in [-0.1, -0.05) is 16.8 Å². The maximum atomic E-state index is 12.5. The highest BCUT2D eigenvalue weighted by atomic mass is 35.5. The van der Waals surface area contributed by atoms with Crippen LogP contribution in [0.25, 0.3) is 0 Å². The first-order valence-corrected chi connectivity index (χ1v) is 9.60. The standard InChI is InChI=1S/C18H22ClN5O5/c1-23-13(9-16(26)24(2)18(23)28)17(27)21-11-4-3-10(7-11)20-15(25)6-5-12-8-14(19)22-29-12/h8-11H,3-7H2,1-2H3,(H,20,25)(H,21,27)/t10-,11+/m0/s1. The predicted octanol–water partition coefficient (Wildman–Crippen LogP) is 0.125. The van der Waals surface area contributed by atoms with Gasteiger partial charge in [0.1, 0.15) is 11.5 Å². The molecule has 3 rings (SSSR count). The molecule has 2 aromatic heterocycles. The number of carbonyl (C=O) groups is 2. The minimum atomic E-state index is -0.563. The monoisotopic (exact) mass is 423 g/mol. The lowest BCUT2D eigenvalue weighted by atomic mass is 10.2. The molecule has 2 N–H and O–H groups in total. The van der Waals surface area contributed by atoms with Gasteiger partial charge < -0.3 is 15.2 Å². The van der Waals surface area contributed by atoms with Gasteiger partial charge in [-0.2, -0.15) is 0 Å². The fourth-order valence-electron chi connectivity index (χ4n) is 3.40. The van der Waals surface area contributed by atoms with Gasteiger partial charge in [0.05, 0.1) is 0 Å². The molecule has 2 heterocycles. The Hall–Kier alpha value is -2.88. The van der Waals surface area contributed by atoms with E-state index in [9.17, 15) is 19.2 Å².